The summed E-state index contributed by atoms with van der Waals surface area (Å²) < 4.78 is 8.14. The zero-order valence-corrected chi connectivity index (χ0v) is 20.7. The fourth-order valence-corrected chi connectivity index (χ4v) is 8.80. The van der Waals surface area contributed by atoms with E-state index in [0.717, 1.165) is 63.2 Å². The van der Waals surface area contributed by atoms with Crippen molar-refractivity contribution in [3.8, 4) is 0 Å². The number of nitrogens with zero attached hydrogens (tertiary/aromatic N) is 2. The van der Waals surface area contributed by atoms with Gasteiger partial charge in [0, 0.05) is 35.5 Å². The predicted octanol–water partition coefficient (Wildman–Crippen LogP) is 5.97. The number of fused-ring (bicyclic) bond motifs is 5. The number of ether oxygens (including phenoxy) is 1. The number of carbonyl (C=O) groups is 2. The number of aldehydes is 1. The summed E-state index contributed by atoms with van der Waals surface area (Å²) in [6.07, 6.45) is 20.9. The Morgan fingerprint density at radius 2 is 1.88 bits per heavy atom. The van der Waals surface area contributed by atoms with Crippen LogP contribution in [-0.4, -0.2) is 27.9 Å². The molecule has 34 heavy (non-hydrogen) atoms. The Bertz CT molecular complexity index is 1030. The van der Waals surface area contributed by atoms with E-state index in [0.29, 0.717) is 17.8 Å². The van der Waals surface area contributed by atoms with Crippen molar-refractivity contribution in [3.63, 3.8) is 0 Å². The van der Waals surface area contributed by atoms with Crippen LogP contribution < -0.4 is 0 Å². The van der Waals surface area contributed by atoms with Gasteiger partial charge in [0.25, 0.3) is 0 Å². The van der Waals surface area contributed by atoms with E-state index in [4.69, 9.17) is 4.74 Å². The van der Waals surface area contributed by atoms with Crippen LogP contribution in [0, 0.1) is 34.5 Å². The molecule has 5 aliphatic carbocycles. The van der Waals surface area contributed by atoms with E-state index in [1.165, 1.54) is 30.5 Å². The fourth-order valence-electron chi connectivity index (χ4n) is 8.80. The summed E-state index contributed by atoms with van der Waals surface area (Å²) in [6.45, 7) is 4.87. The Labute approximate surface area is 203 Å². The molecule has 0 saturated heterocycles. The summed E-state index contributed by atoms with van der Waals surface area (Å²) >= 11 is 0. The molecule has 3 saturated carbocycles. The van der Waals surface area contributed by atoms with Crippen molar-refractivity contribution in [2.24, 2.45) is 34.5 Å². The fraction of sp³-hybridized carbons (Fsp3) is 0.690. The molecular formula is C29H38N2O3. The maximum Gasteiger partial charge on any atom is 0.309 e. The van der Waals surface area contributed by atoms with Gasteiger partial charge in [-0.3, -0.25) is 9.59 Å². The van der Waals surface area contributed by atoms with Crippen LogP contribution in [0.4, 0.5) is 0 Å². The van der Waals surface area contributed by atoms with Crippen molar-refractivity contribution in [3.05, 3.63) is 35.9 Å². The van der Waals surface area contributed by atoms with Gasteiger partial charge in [0.1, 0.15) is 12.4 Å². The third-order valence-corrected chi connectivity index (χ3v) is 10.6. The molecule has 0 spiro atoms. The number of carbonyl (C=O) groups excluding carboxylic acids is 2. The van der Waals surface area contributed by atoms with E-state index in [2.05, 4.69) is 29.5 Å². The van der Waals surface area contributed by atoms with Crippen molar-refractivity contribution in [2.45, 2.75) is 90.6 Å². The van der Waals surface area contributed by atoms with Gasteiger partial charge in [-0.15, -0.1) is 0 Å². The zero-order valence-electron chi connectivity index (χ0n) is 20.7. The Morgan fingerprint density at radius 1 is 1.09 bits per heavy atom. The summed E-state index contributed by atoms with van der Waals surface area (Å²) in [7, 11) is 0. The van der Waals surface area contributed by atoms with Crippen LogP contribution in [0.15, 0.2) is 35.9 Å². The van der Waals surface area contributed by atoms with E-state index in [1.807, 2.05) is 18.7 Å². The third kappa shape index (κ3) is 3.29. The molecule has 1 aromatic heterocycles. The molecule has 5 aliphatic rings. The topological polar surface area (TPSA) is 61.2 Å². The molecule has 1 heterocycles. The largest absolute Gasteiger partial charge is 0.462 e. The lowest BCUT2D eigenvalue weighted by atomic mass is 9.47. The minimum Gasteiger partial charge on any atom is -0.462 e. The third-order valence-electron chi connectivity index (χ3n) is 10.6. The summed E-state index contributed by atoms with van der Waals surface area (Å²) in [5, 5.41) is 0. The first kappa shape index (κ1) is 22.3. The van der Waals surface area contributed by atoms with Crippen LogP contribution in [0.3, 0.4) is 0 Å². The Hall–Kier alpha value is -2.17. The molecule has 0 N–H and O–H groups in total. The monoisotopic (exact) mass is 462 g/mol. The number of allylic oxidation sites excluding steroid dienone is 3. The average Bonchev–Trinajstić information content (AvgIpc) is 3.58. The Morgan fingerprint density at radius 3 is 2.62 bits per heavy atom. The molecule has 0 radical (unpaired) electrons. The summed E-state index contributed by atoms with van der Waals surface area (Å²) in [5.41, 5.74) is 3.90. The Balaban J connectivity index is 1.22. The van der Waals surface area contributed by atoms with Gasteiger partial charge in [-0.1, -0.05) is 38.3 Å². The molecular weight excluding hydrogens is 424 g/mol. The number of rotatable bonds is 4. The summed E-state index contributed by atoms with van der Waals surface area (Å²) in [6, 6.07) is 0. The second-order valence-electron chi connectivity index (χ2n) is 12.2. The number of hydrogen-bond acceptors (Lipinski definition) is 4. The van der Waals surface area contributed by atoms with E-state index in [9.17, 15) is 9.59 Å². The lowest BCUT2D eigenvalue weighted by Crippen LogP contribution is -2.50. The molecule has 3 fully saturated rings. The predicted molar refractivity (Wildman–Crippen MR) is 130 cm³/mol. The lowest BCUT2D eigenvalue weighted by Gasteiger charge is -2.57. The lowest BCUT2D eigenvalue weighted by molar-refractivity contribution is -0.156. The van der Waals surface area contributed by atoms with Gasteiger partial charge in [0.05, 0.1) is 12.2 Å². The van der Waals surface area contributed by atoms with Gasteiger partial charge >= 0.3 is 5.97 Å². The van der Waals surface area contributed by atoms with Crippen molar-refractivity contribution in [1.82, 2.24) is 9.55 Å². The zero-order chi connectivity index (χ0) is 23.5. The molecule has 6 rings (SSSR count). The highest BCUT2D eigenvalue weighted by Gasteiger charge is 2.58. The van der Waals surface area contributed by atoms with Gasteiger partial charge < -0.3 is 9.30 Å². The smallest absolute Gasteiger partial charge is 0.309 e. The van der Waals surface area contributed by atoms with Crippen molar-refractivity contribution in [2.75, 3.05) is 0 Å². The van der Waals surface area contributed by atoms with Crippen LogP contribution in [0.1, 0.15) is 84.5 Å². The molecule has 1 aromatic rings. The number of hydrogen-bond donors (Lipinski definition) is 0. The van der Waals surface area contributed by atoms with Gasteiger partial charge in [-0.25, -0.2) is 4.98 Å². The normalized spacial score (nSPS) is 39.8. The van der Waals surface area contributed by atoms with Gasteiger partial charge in [-0.05, 0) is 74.5 Å². The van der Waals surface area contributed by atoms with Crippen molar-refractivity contribution in [1.29, 1.82) is 0 Å². The maximum absolute atomic E-state index is 12.6. The molecule has 0 bridgehead atoms. The van der Waals surface area contributed by atoms with E-state index < -0.39 is 0 Å². The maximum atomic E-state index is 12.6. The molecule has 5 heteroatoms. The van der Waals surface area contributed by atoms with E-state index in [-0.39, 0.29) is 28.8 Å². The first-order chi connectivity index (χ1) is 16.4. The Kier molecular flexibility index (Phi) is 5.38. The van der Waals surface area contributed by atoms with Gasteiger partial charge in [0.15, 0.2) is 0 Å². The quantitative estimate of drug-likeness (QED) is 0.314. The van der Waals surface area contributed by atoms with E-state index >= 15 is 0 Å². The summed E-state index contributed by atoms with van der Waals surface area (Å²) in [4.78, 5) is 29.0. The highest BCUT2D eigenvalue weighted by Crippen LogP contribution is 2.66. The molecule has 182 valence electrons. The van der Waals surface area contributed by atoms with Gasteiger partial charge in [-0.2, -0.15) is 0 Å². The van der Waals surface area contributed by atoms with Crippen LogP contribution in [0.5, 0.6) is 0 Å². The minimum absolute atomic E-state index is 0.0217. The molecule has 5 nitrogen and oxygen atoms in total. The van der Waals surface area contributed by atoms with Crippen LogP contribution in [-0.2, 0) is 14.3 Å². The van der Waals surface area contributed by atoms with Crippen molar-refractivity contribution >= 4 is 18.0 Å². The SMILES string of the molecule is C[C@]12CC[C@H](OC(=O)C3CCCC3)CC1=CC[C@@H]1[C@@H]2CC[C@]2(C)C(n3ccnc3)=C(C=O)C[C@@H]12. The second kappa shape index (κ2) is 8.20. The van der Waals surface area contributed by atoms with Crippen LogP contribution in [0.2, 0.25) is 0 Å². The molecule has 0 aliphatic heterocycles. The van der Waals surface area contributed by atoms with Crippen LogP contribution >= 0.6 is 0 Å². The first-order valence-corrected chi connectivity index (χ1v) is 13.5. The van der Waals surface area contributed by atoms with Gasteiger partial charge in [0.2, 0.25) is 0 Å². The average molecular weight is 463 g/mol. The number of imidazole rings is 1. The number of esters is 1. The summed E-state index contributed by atoms with van der Waals surface area (Å²) in [5.74, 6) is 1.93. The number of aromatic nitrogens is 2. The van der Waals surface area contributed by atoms with Crippen LogP contribution in [0.25, 0.3) is 5.70 Å². The second-order valence-corrected chi connectivity index (χ2v) is 12.2. The minimum atomic E-state index is 0.0217. The van der Waals surface area contributed by atoms with E-state index in [1.54, 1.807) is 0 Å². The highest BCUT2D eigenvalue weighted by atomic mass is 16.5. The highest BCUT2D eigenvalue weighted by molar-refractivity contribution is 5.86. The standard InChI is InChI=1S/C29H38N2O3/c1-28-11-9-22(34-27(33)19-5-3-4-6-19)16-21(28)7-8-23-24(28)10-12-29(2)25(23)15-20(17-32)26(29)31-14-13-30-18-31/h7,13-14,17-19,22-25H,3-6,8-12,15-16H2,1-2H3/t22-,23+,24-,25-,28-,29-/m0/s1. The van der Waals surface area contributed by atoms with Crippen molar-refractivity contribution < 1.29 is 14.3 Å². The molecule has 0 aromatic carbocycles. The molecule has 0 amide bonds. The molecule has 6 atom stereocenters. The first-order valence-electron chi connectivity index (χ1n) is 13.5. The molecule has 0 unspecified atom stereocenters.